The Kier molecular flexibility index (Phi) is 6.18. The molecule has 5 heteroatoms. The molecule has 0 bridgehead atoms. The zero-order chi connectivity index (χ0) is 13.5. The van der Waals surface area contributed by atoms with Crippen molar-refractivity contribution in [3.63, 3.8) is 0 Å². The molecule has 18 heavy (non-hydrogen) atoms. The van der Waals surface area contributed by atoms with Gasteiger partial charge in [-0.1, -0.05) is 6.92 Å². The summed E-state index contributed by atoms with van der Waals surface area (Å²) >= 11 is 0. The molecule has 2 atom stereocenters. The van der Waals surface area contributed by atoms with Gasteiger partial charge in [0.25, 0.3) is 0 Å². The van der Waals surface area contributed by atoms with E-state index < -0.39 is 6.10 Å². The third kappa shape index (κ3) is 5.08. The van der Waals surface area contributed by atoms with E-state index in [-0.39, 0.29) is 11.9 Å². The Balaban J connectivity index is 2.49. The maximum absolute atomic E-state index is 12.8. The van der Waals surface area contributed by atoms with E-state index >= 15 is 0 Å². The van der Waals surface area contributed by atoms with Gasteiger partial charge in [-0.15, -0.1) is 0 Å². The quantitative estimate of drug-likeness (QED) is 0.768. The maximum Gasteiger partial charge on any atom is 0.141 e. The third-order valence-corrected chi connectivity index (χ3v) is 2.69. The van der Waals surface area contributed by atoms with Gasteiger partial charge in [-0.3, -0.25) is 4.98 Å². The molecule has 0 saturated carbocycles. The molecule has 4 nitrogen and oxygen atoms in total. The first kappa shape index (κ1) is 15.0. The smallest absolute Gasteiger partial charge is 0.141 e. The first-order valence-electron chi connectivity index (χ1n) is 6.20. The second-order valence-electron chi connectivity index (χ2n) is 4.69. The van der Waals surface area contributed by atoms with E-state index in [0.29, 0.717) is 13.1 Å². The Morgan fingerprint density at radius 1 is 1.44 bits per heavy atom. The highest BCUT2D eigenvalue weighted by molar-refractivity contribution is 5.09. The Morgan fingerprint density at radius 2 is 2.17 bits per heavy atom. The normalized spacial score (nSPS) is 14.8. The number of nitrogens with zero attached hydrogens (tertiary/aromatic N) is 2. The lowest BCUT2D eigenvalue weighted by molar-refractivity contribution is 0.131. The summed E-state index contributed by atoms with van der Waals surface area (Å²) in [4.78, 5) is 5.99. The zero-order valence-corrected chi connectivity index (χ0v) is 11.2. The fourth-order valence-corrected chi connectivity index (χ4v) is 1.82. The van der Waals surface area contributed by atoms with Gasteiger partial charge in [-0.2, -0.15) is 0 Å². The van der Waals surface area contributed by atoms with Crippen molar-refractivity contribution >= 4 is 0 Å². The molecule has 102 valence electrons. The lowest BCUT2D eigenvalue weighted by Gasteiger charge is -2.21. The Morgan fingerprint density at radius 3 is 2.67 bits per heavy atom. The first-order valence-corrected chi connectivity index (χ1v) is 6.20. The number of pyridine rings is 1. The minimum atomic E-state index is -0.422. The summed E-state index contributed by atoms with van der Waals surface area (Å²) in [7, 11) is 3.84. The molecule has 0 spiro atoms. The molecule has 1 heterocycles. The number of halogens is 1. The molecule has 0 aromatic carbocycles. The summed E-state index contributed by atoms with van der Waals surface area (Å²) in [6.45, 7) is 3.14. The minimum Gasteiger partial charge on any atom is -0.390 e. The van der Waals surface area contributed by atoms with Gasteiger partial charge in [-0.05, 0) is 32.6 Å². The summed E-state index contributed by atoms with van der Waals surface area (Å²) in [5.74, 6) is -0.332. The molecular formula is C13H22FN3O. The van der Waals surface area contributed by atoms with Crippen molar-refractivity contribution < 1.29 is 9.50 Å². The number of likely N-dealkylation sites (N-methyl/N-ethyl adjacent to an activating group) is 1. The van der Waals surface area contributed by atoms with Crippen molar-refractivity contribution in [3.05, 3.63) is 29.8 Å². The SMILES string of the molecule is CCC(NCC(O)CN(C)C)c1ccc(F)cn1. The Hall–Kier alpha value is -1.04. The van der Waals surface area contributed by atoms with Crippen molar-refractivity contribution in [2.45, 2.75) is 25.5 Å². The van der Waals surface area contributed by atoms with Gasteiger partial charge in [0.15, 0.2) is 0 Å². The summed E-state index contributed by atoms with van der Waals surface area (Å²) in [6.07, 6.45) is 1.64. The summed E-state index contributed by atoms with van der Waals surface area (Å²) in [6, 6.07) is 3.13. The van der Waals surface area contributed by atoms with Gasteiger partial charge in [0.05, 0.1) is 18.0 Å². The van der Waals surface area contributed by atoms with E-state index in [1.807, 2.05) is 25.9 Å². The van der Waals surface area contributed by atoms with Gasteiger partial charge >= 0.3 is 0 Å². The Bertz CT molecular complexity index is 343. The molecule has 0 aliphatic heterocycles. The third-order valence-electron chi connectivity index (χ3n) is 2.69. The van der Waals surface area contributed by atoms with Gasteiger partial charge in [0.2, 0.25) is 0 Å². The molecule has 1 aromatic rings. The minimum absolute atomic E-state index is 0.0439. The van der Waals surface area contributed by atoms with Crippen LogP contribution in [-0.4, -0.2) is 48.3 Å². The first-order chi connectivity index (χ1) is 8.52. The molecule has 0 radical (unpaired) electrons. The van der Waals surface area contributed by atoms with E-state index in [1.54, 1.807) is 6.07 Å². The van der Waals surface area contributed by atoms with E-state index in [9.17, 15) is 9.50 Å². The van der Waals surface area contributed by atoms with Gasteiger partial charge in [-0.25, -0.2) is 4.39 Å². The molecular weight excluding hydrogens is 233 g/mol. The molecule has 1 rings (SSSR count). The average Bonchev–Trinajstić information content (AvgIpc) is 2.31. The molecule has 0 amide bonds. The van der Waals surface area contributed by atoms with Gasteiger partial charge in [0, 0.05) is 19.1 Å². The fraction of sp³-hybridized carbons (Fsp3) is 0.615. The number of hydrogen-bond acceptors (Lipinski definition) is 4. The topological polar surface area (TPSA) is 48.4 Å². The second kappa shape index (κ2) is 7.41. The van der Waals surface area contributed by atoms with Crippen molar-refractivity contribution in [1.82, 2.24) is 15.2 Å². The Labute approximate surface area is 108 Å². The van der Waals surface area contributed by atoms with E-state index in [1.165, 1.54) is 12.3 Å². The average molecular weight is 255 g/mol. The molecule has 2 N–H and O–H groups in total. The van der Waals surface area contributed by atoms with E-state index in [4.69, 9.17) is 0 Å². The van der Waals surface area contributed by atoms with Crippen LogP contribution in [0, 0.1) is 5.82 Å². The van der Waals surface area contributed by atoms with Crippen LogP contribution in [0.3, 0.4) is 0 Å². The maximum atomic E-state index is 12.8. The predicted molar refractivity (Wildman–Crippen MR) is 69.8 cm³/mol. The van der Waals surface area contributed by atoms with Crippen LogP contribution in [0.4, 0.5) is 4.39 Å². The van der Waals surface area contributed by atoms with Crippen molar-refractivity contribution in [2.75, 3.05) is 27.2 Å². The number of rotatable bonds is 7. The molecule has 0 aliphatic rings. The van der Waals surface area contributed by atoms with Crippen LogP contribution in [0.5, 0.6) is 0 Å². The lowest BCUT2D eigenvalue weighted by atomic mass is 10.1. The molecule has 2 unspecified atom stereocenters. The second-order valence-corrected chi connectivity index (χ2v) is 4.69. The van der Waals surface area contributed by atoms with Gasteiger partial charge in [0.1, 0.15) is 5.82 Å². The van der Waals surface area contributed by atoms with Crippen LogP contribution in [0.2, 0.25) is 0 Å². The zero-order valence-electron chi connectivity index (χ0n) is 11.2. The predicted octanol–water partition coefficient (Wildman–Crippen LogP) is 1.18. The van der Waals surface area contributed by atoms with Gasteiger partial charge < -0.3 is 15.3 Å². The number of aliphatic hydroxyl groups excluding tert-OH is 1. The number of aromatic nitrogens is 1. The molecule has 1 aromatic heterocycles. The van der Waals surface area contributed by atoms with Crippen LogP contribution < -0.4 is 5.32 Å². The standard InChI is InChI=1S/C13H22FN3O/c1-4-12(13-6-5-10(14)7-15-13)16-8-11(18)9-17(2)3/h5-7,11-12,16,18H,4,8-9H2,1-3H3. The summed E-state index contributed by atoms with van der Waals surface area (Å²) in [5, 5.41) is 13.0. The highest BCUT2D eigenvalue weighted by atomic mass is 19.1. The fourth-order valence-electron chi connectivity index (χ4n) is 1.82. The molecule has 0 saturated heterocycles. The monoisotopic (exact) mass is 255 g/mol. The van der Waals surface area contributed by atoms with Crippen molar-refractivity contribution in [2.24, 2.45) is 0 Å². The van der Waals surface area contributed by atoms with E-state index in [0.717, 1.165) is 12.1 Å². The van der Waals surface area contributed by atoms with Crippen LogP contribution in [0.25, 0.3) is 0 Å². The van der Waals surface area contributed by atoms with Crippen molar-refractivity contribution in [1.29, 1.82) is 0 Å². The number of aliphatic hydroxyl groups is 1. The molecule has 0 fully saturated rings. The van der Waals surface area contributed by atoms with Crippen molar-refractivity contribution in [3.8, 4) is 0 Å². The largest absolute Gasteiger partial charge is 0.390 e. The molecule has 0 aliphatic carbocycles. The summed E-state index contributed by atoms with van der Waals surface area (Å²) in [5.41, 5.74) is 0.802. The highest BCUT2D eigenvalue weighted by Gasteiger charge is 2.13. The van der Waals surface area contributed by atoms with Crippen LogP contribution in [-0.2, 0) is 0 Å². The number of nitrogens with one attached hydrogen (secondary N) is 1. The summed E-state index contributed by atoms with van der Waals surface area (Å²) < 4.78 is 12.8. The highest BCUT2D eigenvalue weighted by Crippen LogP contribution is 2.13. The number of hydrogen-bond donors (Lipinski definition) is 2. The van der Waals surface area contributed by atoms with Crippen LogP contribution in [0.15, 0.2) is 18.3 Å². The van der Waals surface area contributed by atoms with E-state index in [2.05, 4.69) is 10.3 Å². The van der Waals surface area contributed by atoms with Crippen LogP contribution >= 0.6 is 0 Å². The lowest BCUT2D eigenvalue weighted by Crippen LogP contribution is -2.36. The van der Waals surface area contributed by atoms with Crippen LogP contribution in [0.1, 0.15) is 25.1 Å².